The molecule has 1 N–H and O–H groups in total. The number of hydrogen-bond acceptors (Lipinski definition) is 5. The second-order valence-corrected chi connectivity index (χ2v) is 5.99. The largest absolute Gasteiger partial charge is 0.383 e. The summed E-state index contributed by atoms with van der Waals surface area (Å²) in [6.07, 6.45) is 1.03. The Morgan fingerprint density at radius 1 is 1.57 bits per heavy atom. The number of non-ortho nitro benzene ring substituents is 1. The molecule has 1 fully saturated rings. The fraction of sp³-hybridized carbons (Fsp3) is 0.533. The Kier molecular flexibility index (Phi) is 6.32. The van der Waals surface area contributed by atoms with E-state index in [1.807, 2.05) is 0 Å². The average Bonchev–Trinajstić information content (AvgIpc) is 2.98. The summed E-state index contributed by atoms with van der Waals surface area (Å²) >= 11 is 5.96. The van der Waals surface area contributed by atoms with Crippen LogP contribution < -0.4 is 5.32 Å². The third-order valence-electron chi connectivity index (χ3n) is 3.94. The van der Waals surface area contributed by atoms with Crippen LogP contribution in [0.15, 0.2) is 18.2 Å². The van der Waals surface area contributed by atoms with Gasteiger partial charge in [0.25, 0.3) is 11.6 Å². The van der Waals surface area contributed by atoms with Gasteiger partial charge >= 0.3 is 0 Å². The molecule has 7 nitrogen and oxygen atoms in total. The summed E-state index contributed by atoms with van der Waals surface area (Å²) in [6.45, 7) is 4.10. The van der Waals surface area contributed by atoms with Crippen LogP contribution in [0.5, 0.6) is 0 Å². The van der Waals surface area contributed by atoms with Crippen LogP contribution in [-0.2, 0) is 4.74 Å². The van der Waals surface area contributed by atoms with Gasteiger partial charge in [-0.3, -0.25) is 14.9 Å². The zero-order valence-electron chi connectivity index (χ0n) is 13.0. The molecule has 1 aliphatic rings. The SMILES string of the molecule is COCCN1CCC(CNC(=O)c2ccc([N+](=O)[O-])cc2Cl)C1. The number of halogens is 1. The fourth-order valence-corrected chi connectivity index (χ4v) is 2.90. The third-order valence-corrected chi connectivity index (χ3v) is 4.25. The summed E-state index contributed by atoms with van der Waals surface area (Å²) in [5.41, 5.74) is 0.127. The van der Waals surface area contributed by atoms with Gasteiger partial charge in [0.1, 0.15) is 0 Å². The van der Waals surface area contributed by atoms with Gasteiger partial charge in [0.05, 0.1) is 22.1 Å². The van der Waals surface area contributed by atoms with Gasteiger partial charge in [-0.2, -0.15) is 0 Å². The third kappa shape index (κ3) is 4.89. The second-order valence-electron chi connectivity index (χ2n) is 5.58. The van der Waals surface area contributed by atoms with Crippen LogP contribution in [-0.4, -0.2) is 55.6 Å². The molecule has 1 aromatic carbocycles. The maximum Gasteiger partial charge on any atom is 0.270 e. The van der Waals surface area contributed by atoms with Crippen LogP contribution >= 0.6 is 11.6 Å². The van der Waals surface area contributed by atoms with Gasteiger partial charge in [-0.05, 0) is 24.9 Å². The summed E-state index contributed by atoms with van der Waals surface area (Å²) in [4.78, 5) is 24.6. The normalized spacial score (nSPS) is 18.1. The van der Waals surface area contributed by atoms with Crippen molar-refractivity contribution in [2.75, 3.05) is 39.9 Å². The zero-order valence-corrected chi connectivity index (χ0v) is 13.7. The predicted molar refractivity (Wildman–Crippen MR) is 86.9 cm³/mol. The molecule has 8 heteroatoms. The lowest BCUT2D eigenvalue weighted by Crippen LogP contribution is -2.31. The number of methoxy groups -OCH3 is 1. The quantitative estimate of drug-likeness (QED) is 0.605. The molecule has 0 spiro atoms. The molecule has 0 bridgehead atoms. The average molecular weight is 342 g/mol. The van der Waals surface area contributed by atoms with E-state index >= 15 is 0 Å². The molecule has 0 radical (unpaired) electrons. The lowest BCUT2D eigenvalue weighted by Gasteiger charge is -2.15. The molecule has 126 valence electrons. The van der Waals surface area contributed by atoms with Gasteiger partial charge in [0.15, 0.2) is 0 Å². The smallest absolute Gasteiger partial charge is 0.270 e. The van der Waals surface area contributed by atoms with Gasteiger partial charge < -0.3 is 15.0 Å². The number of likely N-dealkylation sites (tertiary alicyclic amines) is 1. The van der Waals surface area contributed by atoms with Crippen LogP contribution in [0.2, 0.25) is 5.02 Å². The summed E-state index contributed by atoms with van der Waals surface area (Å²) in [5, 5.41) is 13.6. The van der Waals surface area contributed by atoms with Crippen molar-refractivity contribution in [1.82, 2.24) is 10.2 Å². The number of rotatable bonds is 7. The number of nitro groups is 1. The van der Waals surface area contributed by atoms with Gasteiger partial charge in [-0.15, -0.1) is 0 Å². The van der Waals surface area contributed by atoms with E-state index in [1.54, 1.807) is 7.11 Å². The van der Waals surface area contributed by atoms with Crippen LogP contribution in [0.1, 0.15) is 16.8 Å². The highest BCUT2D eigenvalue weighted by molar-refractivity contribution is 6.34. The van der Waals surface area contributed by atoms with E-state index < -0.39 is 4.92 Å². The Bertz CT molecular complexity index is 582. The molecular weight excluding hydrogens is 322 g/mol. The van der Waals surface area contributed by atoms with Crippen molar-refractivity contribution in [3.05, 3.63) is 38.9 Å². The molecule has 23 heavy (non-hydrogen) atoms. The Morgan fingerprint density at radius 2 is 2.35 bits per heavy atom. The molecule has 2 rings (SSSR count). The Hall–Kier alpha value is -1.70. The maximum atomic E-state index is 12.2. The first-order valence-electron chi connectivity index (χ1n) is 7.44. The highest BCUT2D eigenvalue weighted by Crippen LogP contribution is 2.22. The molecule has 0 aliphatic carbocycles. The van der Waals surface area contributed by atoms with Gasteiger partial charge in [0, 0.05) is 38.9 Å². The zero-order chi connectivity index (χ0) is 16.8. The predicted octanol–water partition coefficient (Wildman–Crippen LogP) is 1.95. The van der Waals surface area contributed by atoms with Crippen LogP contribution in [0, 0.1) is 16.0 Å². The lowest BCUT2D eigenvalue weighted by molar-refractivity contribution is -0.384. The van der Waals surface area contributed by atoms with Crippen molar-refractivity contribution < 1.29 is 14.5 Å². The number of benzene rings is 1. The van der Waals surface area contributed by atoms with E-state index in [2.05, 4.69) is 10.2 Å². The number of carbonyl (C=O) groups excluding carboxylic acids is 1. The number of ether oxygens (including phenoxy) is 1. The topological polar surface area (TPSA) is 84.7 Å². The van der Waals surface area contributed by atoms with Gasteiger partial charge in [-0.25, -0.2) is 0 Å². The highest BCUT2D eigenvalue weighted by atomic mass is 35.5. The maximum absolute atomic E-state index is 12.2. The van der Waals surface area contributed by atoms with Crippen molar-refractivity contribution in [3.8, 4) is 0 Å². The minimum absolute atomic E-state index is 0.0878. The van der Waals surface area contributed by atoms with Crippen LogP contribution in [0.4, 0.5) is 5.69 Å². The number of nitro benzene ring substituents is 1. The summed E-state index contributed by atoms with van der Waals surface area (Å²) in [7, 11) is 1.68. The Labute approximate surface area is 139 Å². The van der Waals surface area contributed by atoms with Crippen LogP contribution in [0.25, 0.3) is 0 Å². The van der Waals surface area contributed by atoms with E-state index in [1.165, 1.54) is 18.2 Å². The minimum Gasteiger partial charge on any atom is -0.383 e. The van der Waals surface area contributed by atoms with Gasteiger partial charge in [-0.1, -0.05) is 11.6 Å². The number of carbonyl (C=O) groups is 1. The van der Waals surface area contributed by atoms with Gasteiger partial charge in [0.2, 0.25) is 0 Å². The van der Waals surface area contributed by atoms with E-state index in [0.29, 0.717) is 19.1 Å². The molecule has 1 aliphatic heterocycles. The number of nitrogens with one attached hydrogen (secondary N) is 1. The Balaban J connectivity index is 1.85. The van der Waals surface area contributed by atoms with Crippen molar-refractivity contribution in [1.29, 1.82) is 0 Å². The van der Waals surface area contributed by atoms with E-state index in [-0.39, 0.29) is 22.2 Å². The van der Waals surface area contributed by atoms with Crippen molar-refractivity contribution in [2.45, 2.75) is 6.42 Å². The number of amides is 1. The van der Waals surface area contributed by atoms with E-state index in [0.717, 1.165) is 26.1 Å². The standard InChI is InChI=1S/C15H20ClN3O4/c1-23-7-6-18-5-4-11(10-18)9-17-15(20)13-3-2-12(19(21)22)8-14(13)16/h2-3,8,11H,4-7,9-10H2,1H3,(H,17,20). The highest BCUT2D eigenvalue weighted by Gasteiger charge is 2.23. The second kappa shape index (κ2) is 8.24. The minimum atomic E-state index is -0.541. The monoisotopic (exact) mass is 341 g/mol. The molecule has 1 unspecified atom stereocenters. The van der Waals surface area contributed by atoms with Crippen LogP contribution in [0.3, 0.4) is 0 Å². The first-order valence-corrected chi connectivity index (χ1v) is 7.82. The van der Waals surface area contributed by atoms with Crippen molar-refractivity contribution in [2.24, 2.45) is 5.92 Å². The molecule has 1 saturated heterocycles. The van der Waals surface area contributed by atoms with Crippen molar-refractivity contribution >= 4 is 23.2 Å². The molecule has 0 aromatic heterocycles. The molecular formula is C15H20ClN3O4. The molecule has 1 amide bonds. The Morgan fingerprint density at radius 3 is 3.00 bits per heavy atom. The molecule has 1 aromatic rings. The fourth-order valence-electron chi connectivity index (χ4n) is 2.64. The molecule has 1 heterocycles. The molecule has 0 saturated carbocycles. The molecule has 1 atom stereocenters. The first-order chi connectivity index (χ1) is 11.0. The van der Waals surface area contributed by atoms with E-state index in [9.17, 15) is 14.9 Å². The summed E-state index contributed by atoms with van der Waals surface area (Å²) in [6, 6.07) is 3.86. The number of hydrogen-bond donors (Lipinski definition) is 1. The number of nitrogens with zero attached hydrogens (tertiary/aromatic N) is 2. The summed E-state index contributed by atoms with van der Waals surface area (Å²) in [5.74, 6) is 0.0906. The van der Waals surface area contributed by atoms with Crippen molar-refractivity contribution in [3.63, 3.8) is 0 Å². The first kappa shape index (κ1) is 17.7. The van der Waals surface area contributed by atoms with E-state index in [4.69, 9.17) is 16.3 Å². The summed E-state index contributed by atoms with van der Waals surface area (Å²) < 4.78 is 5.06. The lowest BCUT2D eigenvalue weighted by atomic mass is 10.1.